The zero-order valence-corrected chi connectivity index (χ0v) is 12.8. The molecular formula is C13H18BrNO4. The van der Waals surface area contributed by atoms with Gasteiger partial charge >= 0.3 is 5.69 Å². The average molecular weight is 332 g/mol. The predicted molar refractivity (Wildman–Crippen MR) is 76.4 cm³/mol. The summed E-state index contributed by atoms with van der Waals surface area (Å²) in [4.78, 5) is 10.6. The molecule has 0 aliphatic rings. The van der Waals surface area contributed by atoms with Gasteiger partial charge in [0.25, 0.3) is 0 Å². The zero-order chi connectivity index (χ0) is 14.6. The fourth-order valence-corrected chi connectivity index (χ4v) is 2.26. The number of aliphatic hydroxyl groups is 1. The average Bonchev–Trinajstić information content (AvgIpc) is 2.36. The van der Waals surface area contributed by atoms with Crippen molar-refractivity contribution in [2.75, 3.05) is 0 Å². The summed E-state index contributed by atoms with van der Waals surface area (Å²) < 4.78 is 6.28. The molecule has 5 nitrogen and oxygen atoms in total. The van der Waals surface area contributed by atoms with Crippen LogP contribution in [0.3, 0.4) is 0 Å². The largest absolute Gasteiger partial charge is 0.483 e. The highest BCUT2D eigenvalue weighted by atomic mass is 79.9. The van der Waals surface area contributed by atoms with E-state index in [2.05, 4.69) is 15.9 Å². The van der Waals surface area contributed by atoms with Crippen LogP contribution in [-0.2, 0) is 0 Å². The molecule has 0 aliphatic carbocycles. The molecule has 1 N–H and O–H groups in total. The van der Waals surface area contributed by atoms with E-state index < -0.39 is 11.0 Å². The molecule has 106 valence electrons. The summed E-state index contributed by atoms with van der Waals surface area (Å²) in [6.45, 7) is 5.48. The number of nitrogens with zero attached hydrogens (tertiary/aromatic N) is 1. The molecule has 0 spiro atoms. The summed E-state index contributed by atoms with van der Waals surface area (Å²) >= 11 is 3.21. The van der Waals surface area contributed by atoms with Gasteiger partial charge in [0.1, 0.15) is 0 Å². The predicted octanol–water partition coefficient (Wildman–Crippen LogP) is 3.98. The third-order valence-electron chi connectivity index (χ3n) is 2.90. The minimum Gasteiger partial charge on any atom is -0.483 e. The van der Waals surface area contributed by atoms with Crippen LogP contribution in [0.4, 0.5) is 5.69 Å². The maximum atomic E-state index is 11.1. The van der Waals surface area contributed by atoms with Crippen LogP contribution in [0.15, 0.2) is 16.6 Å². The first-order chi connectivity index (χ1) is 8.90. The van der Waals surface area contributed by atoms with Crippen molar-refractivity contribution in [3.8, 4) is 5.75 Å². The van der Waals surface area contributed by atoms with E-state index in [4.69, 9.17) is 4.74 Å². The van der Waals surface area contributed by atoms with E-state index in [1.807, 2.05) is 13.8 Å². The van der Waals surface area contributed by atoms with Gasteiger partial charge in [-0.2, -0.15) is 0 Å². The van der Waals surface area contributed by atoms with Gasteiger partial charge in [-0.05, 0) is 25.8 Å². The van der Waals surface area contributed by atoms with Gasteiger partial charge in [-0.25, -0.2) is 0 Å². The number of hydrogen-bond acceptors (Lipinski definition) is 4. The van der Waals surface area contributed by atoms with Crippen LogP contribution in [0.2, 0.25) is 0 Å². The second-order valence-electron chi connectivity index (χ2n) is 4.33. The van der Waals surface area contributed by atoms with Crippen LogP contribution in [0.1, 0.15) is 45.3 Å². The number of ether oxygens (including phenoxy) is 1. The van der Waals surface area contributed by atoms with Crippen molar-refractivity contribution in [3.63, 3.8) is 0 Å². The van der Waals surface area contributed by atoms with Crippen LogP contribution in [0.25, 0.3) is 0 Å². The highest BCUT2D eigenvalue weighted by molar-refractivity contribution is 9.10. The molecule has 6 heteroatoms. The van der Waals surface area contributed by atoms with Gasteiger partial charge < -0.3 is 9.84 Å². The third-order valence-corrected chi connectivity index (χ3v) is 3.36. The first-order valence-corrected chi connectivity index (χ1v) is 7.02. The molecule has 19 heavy (non-hydrogen) atoms. The monoisotopic (exact) mass is 331 g/mol. The fourth-order valence-electron chi connectivity index (χ4n) is 1.80. The molecule has 1 unspecified atom stereocenters. The fraction of sp³-hybridized carbons (Fsp3) is 0.538. The van der Waals surface area contributed by atoms with Crippen LogP contribution >= 0.6 is 15.9 Å². The van der Waals surface area contributed by atoms with E-state index in [0.29, 0.717) is 10.0 Å². The number of aliphatic hydroxyl groups excluding tert-OH is 1. The van der Waals surface area contributed by atoms with Gasteiger partial charge in [-0.1, -0.05) is 29.8 Å². The maximum absolute atomic E-state index is 11.1. The molecule has 1 atom stereocenters. The number of nitro groups is 1. The van der Waals surface area contributed by atoms with Gasteiger partial charge in [0.05, 0.1) is 17.1 Å². The van der Waals surface area contributed by atoms with E-state index in [1.165, 1.54) is 6.07 Å². The van der Waals surface area contributed by atoms with E-state index in [-0.39, 0.29) is 17.5 Å². The van der Waals surface area contributed by atoms with E-state index in [0.717, 1.165) is 12.8 Å². The van der Waals surface area contributed by atoms with Crippen molar-refractivity contribution in [2.45, 2.75) is 45.8 Å². The Morgan fingerprint density at radius 1 is 1.42 bits per heavy atom. The van der Waals surface area contributed by atoms with Crippen molar-refractivity contribution in [2.24, 2.45) is 0 Å². The first-order valence-electron chi connectivity index (χ1n) is 6.23. The van der Waals surface area contributed by atoms with Gasteiger partial charge in [-0.15, -0.1) is 0 Å². The van der Waals surface area contributed by atoms with Crippen LogP contribution in [0, 0.1) is 10.1 Å². The molecule has 1 aromatic carbocycles. The number of halogens is 1. The maximum Gasteiger partial charge on any atom is 0.312 e. The van der Waals surface area contributed by atoms with Gasteiger partial charge in [0.15, 0.2) is 0 Å². The molecule has 0 saturated carbocycles. The molecule has 0 aromatic heterocycles. The Balaban J connectivity index is 3.34. The van der Waals surface area contributed by atoms with Gasteiger partial charge in [0.2, 0.25) is 5.75 Å². The van der Waals surface area contributed by atoms with Crippen molar-refractivity contribution in [3.05, 3.63) is 32.3 Å². The number of hydrogen-bond donors (Lipinski definition) is 1. The summed E-state index contributed by atoms with van der Waals surface area (Å²) in [5, 5.41) is 20.9. The number of rotatable bonds is 6. The zero-order valence-electron chi connectivity index (χ0n) is 11.2. The summed E-state index contributed by atoms with van der Waals surface area (Å²) in [7, 11) is 0. The number of benzene rings is 1. The van der Waals surface area contributed by atoms with Gasteiger partial charge in [0, 0.05) is 16.1 Å². The Morgan fingerprint density at radius 2 is 2.00 bits per heavy atom. The highest BCUT2D eigenvalue weighted by Gasteiger charge is 2.25. The van der Waals surface area contributed by atoms with Crippen LogP contribution in [-0.4, -0.2) is 16.1 Å². The quantitative estimate of drug-likeness (QED) is 0.632. The van der Waals surface area contributed by atoms with Crippen molar-refractivity contribution in [1.29, 1.82) is 0 Å². The summed E-state index contributed by atoms with van der Waals surface area (Å²) in [5.41, 5.74) is 0.296. The Kier molecular flexibility index (Phi) is 5.75. The van der Waals surface area contributed by atoms with Crippen molar-refractivity contribution >= 4 is 21.6 Å². The normalized spacial score (nSPS) is 12.5. The lowest BCUT2D eigenvalue weighted by Crippen LogP contribution is -2.16. The molecule has 1 aromatic rings. The minimum atomic E-state index is -0.833. The molecule has 0 saturated heterocycles. The molecule has 0 fully saturated rings. The molecular weight excluding hydrogens is 314 g/mol. The molecule has 0 amide bonds. The molecule has 0 aliphatic heterocycles. The molecule has 0 bridgehead atoms. The highest BCUT2D eigenvalue weighted by Crippen LogP contribution is 2.38. The van der Waals surface area contributed by atoms with Gasteiger partial charge in [-0.3, -0.25) is 10.1 Å². The van der Waals surface area contributed by atoms with Crippen molar-refractivity contribution < 1.29 is 14.8 Å². The summed E-state index contributed by atoms with van der Waals surface area (Å²) in [6.07, 6.45) is 0.573. The smallest absolute Gasteiger partial charge is 0.312 e. The lowest BCUT2D eigenvalue weighted by atomic mass is 10.1. The third kappa shape index (κ3) is 3.91. The minimum absolute atomic E-state index is 0.0997. The topological polar surface area (TPSA) is 72.6 Å². The Bertz CT molecular complexity index is 458. The first kappa shape index (κ1) is 15.9. The lowest BCUT2D eigenvalue weighted by molar-refractivity contribution is -0.386. The second kappa shape index (κ2) is 6.86. The van der Waals surface area contributed by atoms with E-state index >= 15 is 0 Å². The number of nitro benzene ring substituents is 1. The Labute approximate surface area is 120 Å². The SMILES string of the molecule is CCC(CC)Oc1c(C(C)O)cc(Br)cc1[N+](=O)[O-]. The van der Waals surface area contributed by atoms with Crippen molar-refractivity contribution in [1.82, 2.24) is 0 Å². The molecule has 1 rings (SSSR count). The standard InChI is InChI=1S/C13H18BrNO4/c1-4-10(5-2)19-13-11(8(3)16)6-9(14)7-12(13)15(17)18/h6-8,10,16H,4-5H2,1-3H3. The van der Waals surface area contributed by atoms with E-state index in [1.54, 1.807) is 13.0 Å². The second-order valence-corrected chi connectivity index (χ2v) is 5.25. The molecule has 0 radical (unpaired) electrons. The van der Waals surface area contributed by atoms with E-state index in [9.17, 15) is 15.2 Å². The Hall–Kier alpha value is -1.14. The lowest BCUT2D eigenvalue weighted by Gasteiger charge is -2.19. The summed E-state index contributed by atoms with van der Waals surface area (Å²) in [6, 6.07) is 3.04. The van der Waals surface area contributed by atoms with Crippen LogP contribution < -0.4 is 4.74 Å². The Morgan fingerprint density at radius 3 is 2.42 bits per heavy atom. The van der Waals surface area contributed by atoms with Crippen LogP contribution in [0.5, 0.6) is 5.75 Å². The molecule has 0 heterocycles. The summed E-state index contributed by atoms with van der Waals surface area (Å²) in [5.74, 6) is 0.164.